The Morgan fingerprint density at radius 2 is 1.92 bits per heavy atom. The first-order valence-electron chi connectivity index (χ1n) is 7.66. The van der Waals surface area contributed by atoms with Gasteiger partial charge in [-0.15, -0.1) is 0 Å². The molecule has 0 saturated heterocycles. The molecule has 2 N–H and O–H groups in total. The van der Waals surface area contributed by atoms with Gasteiger partial charge in [-0.3, -0.25) is 9.36 Å². The van der Waals surface area contributed by atoms with Gasteiger partial charge in [0.25, 0.3) is 0 Å². The molecule has 0 amide bonds. The molecule has 0 radical (unpaired) electrons. The summed E-state index contributed by atoms with van der Waals surface area (Å²) in [4.78, 5) is 22.8. The Labute approximate surface area is 148 Å². The zero-order valence-corrected chi connectivity index (χ0v) is 14.6. The maximum atomic E-state index is 12.6. The van der Waals surface area contributed by atoms with E-state index in [1.165, 1.54) is 29.8 Å². The van der Waals surface area contributed by atoms with E-state index in [9.17, 15) is 23.1 Å². The van der Waals surface area contributed by atoms with Crippen LogP contribution in [0.2, 0.25) is 0 Å². The summed E-state index contributed by atoms with van der Waals surface area (Å²) < 4.78 is 33.6. The summed E-state index contributed by atoms with van der Waals surface area (Å²) >= 11 is 0. The van der Waals surface area contributed by atoms with Crippen molar-refractivity contribution in [3.05, 3.63) is 64.6 Å². The van der Waals surface area contributed by atoms with Gasteiger partial charge in [-0.1, -0.05) is 30.3 Å². The lowest BCUT2D eigenvalue weighted by molar-refractivity contribution is -0.138. The van der Waals surface area contributed by atoms with Crippen LogP contribution in [0, 0.1) is 0 Å². The molecule has 0 aliphatic rings. The Bertz CT molecular complexity index is 1120. The molecular formula is C17H16N2O6S. The Morgan fingerprint density at radius 1 is 1.23 bits per heavy atom. The number of oxazole rings is 1. The topological polar surface area (TPSA) is 119 Å². The van der Waals surface area contributed by atoms with Crippen molar-refractivity contribution in [1.82, 2.24) is 9.29 Å². The average molecular weight is 376 g/mol. The van der Waals surface area contributed by atoms with Gasteiger partial charge < -0.3 is 9.52 Å². The fourth-order valence-corrected chi connectivity index (χ4v) is 3.77. The summed E-state index contributed by atoms with van der Waals surface area (Å²) in [6.45, 7) is 0. The molecule has 0 aliphatic carbocycles. The lowest BCUT2D eigenvalue weighted by Crippen LogP contribution is -2.42. The number of hydrogen-bond acceptors (Lipinski definition) is 5. The van der Waals surface area contributed by atoms with Gasteiger partial charge in [-0.2, -0.15) is 4.72 Å². The molecule has 1 aromatic heterocycles. The summed E-state index contributed by atoms with van der Waals surface area (Å²) in [7, 11) is -2.62. The number of carbonyl (C=O) groups is 1. The molecule has 1 heterocycles. The summed E-state index contributed by atoms with van der Waals surface area (Å²) in [5.41, 5.74) is 1.23. The van der Waals surface area contributed by atoms with E-state index in [-0.39, 0.29) is 16.9 Å². The van der Waals surface area contributed by atoms with E-state index >= 15 is 0 Å². The van der Waals surface area contributed by atoms with E-state index in [1.54, 1.807) is 30.3 Å². The number of nitrogens with zero attached hydrogens (tertiary/aromatic N) is 1. The third-order valence-electron chi connectivity index (χ3n) is 3.95. The molecule has 9 heteroatoms. The van der Waals surface area contributed by atoms with Crippen molar-refractivity contribution < 1.29 is 22.7 Å². The minimum absolute atomic E-state index is 0.00192. The molecule has 0 bridgehead atoms. The van der Waals surface area contributed by atoms with Crippen LogP contribution in [0.1, 0.15) is 5.56 Å². The fraction of sp³-hybridized carbons (Fsp3) is 0.176. The lowest BCUT2D eigenvalue weighted by atomic mass is 10.1. The van der Waals surface area contributed by atoms with Gasteiger partial charge >= 0.3 is 11.7 Å². The largest absolute Gasteiger partial charge is 0.480 e. The smallest absolute Gasteiger partial charge is 0.419 e. The lowest BCUT2D eigenvalue weighted by Gasteiger charge is -2.15. The Morgan fingerprint density at radius 3 is 2.58 bits per heavy atom. The minimum atomic E-state index is -4.12. The maximum absolute atomic E-state index is 12.6. The van der Waals surface area contributed by atoms with Crippen LogP contribution in [0.4, 0.5) is 0 Å². The summed E-state index contributed by atoms with van der Waals surface area (Å²) in [6, 6.07) is 11.3. The number of hydrogen-bond donors (Lipinski definition) is 2. The molecule has 0 fully saturated rings. The molecule has 26 heavy (non-hydrogen) atoms. The molecule has 1 atom stereocenters. The highest BCUT2D eigenvalue weighted by Gasteiger charge is 2.26. The minimum Gasteiger partial charge on any atom is -0.480 e. The monoisotopic (exact) mass is 376 g/mol. The van der Waals surface area contributed by atoms with Crippen LogP contribution in [0.15, 0.2) is 62.6 Å². The zero-order valence-electron chi connectivity index (χ0n) is 13.7. The van der Waals surface area contributed by atoms with Gasteiger partial charge in [0.05, 0.1) is 10.4 Å². The van der Waals surface area contributed by atoms with Crippen LogP contribution in [-0.4, -0.2) is 30.1 Å². The summed E-state index contributed by atoms with van der Waals surface area (Å²) in [6.07, 6.45) is -0.00192. The number of carboxylic acid groups (broad SMARTS) is 1. The van der Waals surface area contributed by atoms with E-state index in [0.29, 0.717) is 11.1 Å². The van der Waals surface area contributed by atoms with Gasteiger partial charge in [0.15, 0.2) is 5.58 Å². The first-order valence-corrected chi connectivity index (χ1v) is 9.15. The summed E-state index contributed by atoms with van der Waals surface area (Å²) in [5, 5.41) is 9.37. The predicted octanol–water partition coefficient (Wildman–Crippen LogP) is 1.11. The first kappa shape index (κ1) is 17.9. The predicted molar refractivity (Wildman–Crippen MR) is 93.3 cm³/mol. The number of aliphatic carboxylic acids is 1. The Kier molecular flexibility index (Phi) is 4.66. The molecule has 136 valence electrons. The van der Waals surface area contributed by atoms with E-state index in [4.69, 9.17) is 4.42 Å². The average Bonchev–Trinajstić information content (AvgIpc) is 2.89. The van der Waals surface area contributed by atoms with Crippen molar-refractivity contribution in [3.63, 3.8) is 0 Å². The highest BCUT2D eigenvalue weighted by atomic mass is 32.2. The number of sulfonamides is 1. The molecule has 8 nitrogen and oxygen atoms in total. The number of aromatic nitrogens is 1. The number of carboxylic acids is 1. The van der Waals surface area contributed by atoms with Crippen molar-refractivity contribution >= 4 is 27.1 Å². The second-order valence-corrected chi connectivity index (χ2v) is 7.47. The molecule has 0 spiro atoms. The molecule has 0 saturated carbocycles. The number of fused-ring (bicyclic) bond motifs is 1. The van der Waals surface area contributed by atoms with E-state index < -0.39 is 27.8 Å². The number of aryl methyl sites for hydroxylation is 1. The molecule has 0 aliphatic heterocycles. The van der Waals surface area contributed by atoms with Gasteiger partial charge in [-0.25, -0.2) is 13.2 Å². The second-order valence-electron chi connectivity index (χ2n) is 5.76. The quantitative estimate of drug-likeness (QED) is 0.665. The van der Waals surface area contributed by atoms with Crippen molar-refractivity contribution in [2.75, 3.05) is 0 Å². The number of benzene rings is 2. The van der Waals surface area contributed by atoms with Crippen LogP contribution < -0.4 is 10.5 Å². The van der Waals surface area contributed by atoms with Crippen molar-refractivity contribution in [2.45, 2.75) is 17.4 Å². The van der Waals surface area contributed by atoms with Crippen molar-refractivity contribution in [3.8, 4) is 0 Å². The Balaban J connectivity index is 1.91. The molecular weight excluding hydrogens is 360 g/mol. The van der Waals surface area contributed by atoms with Crippen LogP contribution in [-0.2, 0) is 28.3 Å². The first-order chi connectivity index (χ1) is 12.3. The van der Waals surface area contributed by atoms with Crippen LogP contribution >= 0.6 is 0 Å². The normalized spacial score (nSPS) is 13.0. The second kappa shape index (κ2) is 6.77. The fourth-order valence-electron chi connectivity index (χ4n) is 2.57. The zero-order chi connectivity index (χ0) is 18.9. The van der Waals surface area contributed by atoms with Crippen molar-refractivity contribution in [1.29, 1.82) is 0 Å². The molecule has 2 aromatic carbocycles. The molecule has 0 unspecified atom stereocenters. The van der Waals surface area contributed by atoms with Crippen LogP contribution in [0.25, 0.3) is 11.1 Å². The van der Waals surface area contributed by atoms with Gasteiger partial charge in [0.1, 0.15) is 6.04 Å². The standard InChI is InChI=1S/C17H16N2O6S/c1-19-14-8-7-12(10-15(14)25-17(19)22)26(23,24)18-13(16(20)21)9-11-5-3-2-4-6-11/h2-8,10,13,18H,9H2,1H3,(H,20,21)/t13-/m1/s1. The highest BCUT2D eigenvalue weighted by Crippen LogP contribution is 2.18. The van der Waals surface area contributed by atoms with Crippen molar-refractivity contribution in [2.24, 2.45) is 7.05 Å². The summed E-state index contributed by atoms with van der Waals surface area (Å²) in [5.74, 6) is -1.90. The third kappa shape index (κ3) is 3.53. The number of nitrogens with one attached hydrogen (secondary N) is 1. The van der Waals surface area contributed by atoms with Gasteiger partial charge in [0, 0.05) is 13.1 Å². The molecule has 3 rings (SSSR count). The van der Waals surface area contributed by atoms with E-state index in [2.05, 4.69) is 4.72 Å². The Hall–Kier alpha value is -2.91. The van der Waals surface area contributed by atoms with Gasteiger partial charge in [-0.05, 0) is 24.1 Å². The number of rotatable bonds is 6. The SMILES string of the molecule is Cn1c(=O)oc2cc(S(=O)(=O)N[C@H](Cc3ccccc3)C(=O)O)ccc21. The van der Waals surface area contributed by atoms with Crippen LogP contribution in [0.5, 0.6) is 0 Å². The van der Waals surface area contributed by atoms with E-state index in [1.807, 2.05) is 0 Å². The van der Waals surface area contributed by atoms with Crippen LogP contribution in [0.3, 0.4) is 0 Å². The highest BCUT2D eigenvalue weighted by molar-refractivity contribution is 7.89. The van der Waals surface area contributed by atoms with Gasteiger partial charge in [0.2, 0.25) is 10.0 Å². The molecule has 3 aromatic rings. The maximum Gasteiger partial charge on any atom is 0.419 e. The third-order valence-corrected chi connectivity index (χ3v) is 5.42. The van der Waals surface area contributed by atoms with E-state index in [0.717, 1.165) is 0 Å².